The zero-order valence-electron chi connectivity index (χ0n) is 14.2. The summed E-state index contributed by atoms with van der Waals surface area (Å²) in [5, 5.41) is 7.62. The molecule has 1 amide bonds. The summed E-state index contributed by atoms with van der Waals surface area (Å²) in [5.41, 5.74) is 0.345. The zero-order chi connectivity index (χ0) is 18.0. The van der Waals surface area contributed by atoms with Crippen LogP contribution < -0.4 is 4.72 Å². The number of aromatic nitrogens is 3. The minimum absolute atomic E-state index is 0.0764. The largest absolute Gasteiger partial charge is 0.411 e. The molecular weight excluding hydrogens is 346 g/mol. The molecule has 0 saturated carbocycles. The second-order valence-corrected chi connectivity index (χ2v) is 7.81. The summed E-state index contributed by atoms with van der Waals surface area (Å²) in [6, 6.07) is 1.24. The molecule has 2 aromatic rings. The van der Waals surface area contributed by atoms with Crippen molar-refractivity contribution in [3.63, 3.8) is 0 Å². The van der Waals surface area contributed by atoms with Crippen molar-refractivity contribution in [2.45, 2.75) is 44.0 Å². The van der Waals surface area contributed by atoms with Crippen LogP contribution in [0.4, 0.5) is 0 Å². The summed E-state index contributed by atoms with van der Waals surface area (Å²) in [7, 11) is -3.63. The van der Waals surface area contributed by atoms with Gasteiger partial charge in [-0.25, -0.2) is 13.1 Å². The van der Waals surface area contributed by atoms with Crippen molar-refractivity contribution in [3.05, 3.63) is 18.2 Å². The summed E-state index contributed by atoms with van der Waals surface area (Å²) in [5.74, 6) is -0.310. The van der Waals surface area contributed by atoms with E-state index in [1.54, 1.807) is 11.8 Å². The molecule has 3 heterocycles. The van der Waals surface area contributed by atoms with Crippen molar-refractivity contribution in [2.75, 3.05) is 13.1 Å². The number of carbonyl (C=O) groups excluding carboxylic acids is 1. The molecule has 0 unspecified atom stereocenters. The Hall–Kier alpha value is -2.20. The van der Waals surface area contributed by atoms with E-state index in [-0.39, 0.29) is 28.6 Å². The van der Waals surface area contributed by atoms with Crippen LogP contribution in [0.2, 0.25) is 0 Å². The molecule has 0 spiro atoms. The minimum atomic E-state index is -3.63. The Morgan fingerprint density at radius 1 is 1.40 bits per heavy atom. The van der Waals surface area contributed by atoms with Crippen molar-refractivity contribution in [2.24, 2.45) is 0 Å². The molecule has 0 aromatic carbocycles. The first-order chi connectivity index (χ1) is 11.9. The van der Waals surface area contributed by atoms with Gasteiger partial charge in [0.2, 0.25) is 10.0 Å². The van der Waals surface area contributed by atoms with E-state index in [0.29, 0.717) is 25.2 Å². The predicted octanol–water partition coefficient (Wildman–Crippen LogP) is 1.38. The van der Waals surface area contributed by atoms with E-state index in [1.165, 1.54) is 12.3 Å². The molecule has 1 aliphatic rings. The maximum Gasteiger partial charge on any atom is 0.311 e. The van der Waals surface area contributed by atoms with Crippen LogP contribution in [0.3, 0.4) is 0 Å². The lowest BCUT2D eigenvalue weighted by Gasteiger charge is -2.11. The highest BCUT2D eigenvalue weighted by molar-refractivity contribution is 7.89. The quantitative estimate of drug-likeness (QED) is 0.795. The lowest BCUT2D eigenvalue weighted by Crippen LogP contribution is -2.31. The van der Waals surface area contributed by atoms with Crippen LogP contribution in [0.5, 0.6) is 0 Å². The molecule has 1 fully saturated rings. The first kappa shape index (κ1) is 17.6. The first-order valence-electron chi connectivity index (χ1n) is 8.24. The number of amides is 1. The number of hydrogen-bond acceptors (Lipinski definition) is 6. The summed E-state index contributed by atoms with van der Waals surface area (Å²) >= 11 is 0. The number of H-pyrrole nitrogens is 1. The fraction of sp³-hybridized carbons (Fsp3) is 0.533. The average Bonchev–Trinajstić information content (AvgIpc) is 3.33. The van der Waals surface area contributed by atoms with Gasteiger partial charge >= 0.3 is 11.8 Å². The lowest BCUT2D eigenvalue weighted by atomic mass is 10.3. The van der Waals surface area contributed by atoms with Gasteiger partial charge in [0, 0.05) is 25.3 Å². The van der Waals surface area contributed by atoms with E-state index in [9.17, 15) is 13.2 Å². The van der Waals surface area contributed by atoms with Crippen LogP contribution in [0.15, 0.2) is 21.6 Å². The molecule has 1 saturated heterocycles. The van der Waals surface area contributed by atoms with Gasteiger partial charge in [-0.2, -0.15) is 0 Å². The van der Waals surface area contributed by atoms with Crippen LogP contribution in [0.1, 0.15) is 43.8 Å². The summed E-state index contributed by atoms with van der Waals surface area (Å²) in [6.07, 6.45) is 3.97. The summed E-state index contributed by atoms with van der Waals surface area (Å²) in [4.78, 5) is 16.8. The SMILES string of the molecule is CC[C@H](C)NS(=O)(=O)c1c[nH]c(-c2nnc(C(=O)N3CCCC3)o2)c1. The third-order valence-corrected chi connectivity index (χ3v) is 5.74. The van der Waals surface area contributed by atoms with Gasteiger partial charge in [-0.3, -0.25) is 4.79 Å². The van der Waals surface area contributed by atoms with Gasteiger partial charge < -0.3 is 14.3 Å². The molecule has 10 heteroatoms. The fourth-order valence-corrected chi connectivity index (χ4v) is 3.86. The van der Waals surface area contributed by atoms with E-state index in [0.717, 1.165) is 12.8 Å². The fourth-order valence-electron chi connectivity index (χ4n) is 2.54. The van der Waals surface area contributed by atoms with Gasteiger partial charge in [0.1, 0.15) is 10.6 Å². The number of nitrogens with one attached hydrogen (secondary N) is 2. The van der Waals surface area contributed by atoms with Gasteiger partial charge in [-0.1, -0.05) is 6.92 Å². The normalized spacial score (nSPS) is 16.3. The molecule has 0 aliphatic carbocycles. The summed E-state index contributed by atoms with van der Waals surface area (Å²) < 4.78 is 32.5. The van der Waals surface area contributed by atoms with Gasteiger partial charge in [0.05, 0.1) is 0 Å². The highest BCUT2D eigenvalue weighted by atomic mass is 32.2. The number of sulfonamides is 1. The van der Waals surface area contributed by atoms with Crippen LogP contribution in [-0.2, 0) is 10.0 Å². The molecular formula is C15H21N5O4S. The Bertz CT molecular complexity index is 851. The van der Waals surface area contributed by atoms with Crippen molar-refractivity contribution in [1.29, 1.82) is 0 Å². The van der Waals surface area contributed by atoms with E-state index >= 15 is 0 Å². The van der Waals surface area contributed by atoms with E-state index in [1.807, 2.05) is 6.92 Å². The van der Waals surface area contributed by atoms with Crippen LogP contribution in [0.25, 0.3) is 11.6 Å². The van der Waals surface area contributed by atoms with Crippen molar-refractivity contribution in [3.8, 4) is 11.6 Å². The van der Waals surface area contributed by atoms with E-state index < -0.39 is 10.0 Å². The Morgan fingerprint density at radius 3 is 2.80 bits per heavy atom. The second kappa shape index (κ2) is 6.96. The van der Waals surface area contributed by atoms with Crippen molar-refractivity contribution >= 4 is 15.9 Å². The summed E-state index contributed by atoms with van der Waals surface area (Å²) in [6.45, 7) is 5.05. The molecule has 3 rings (SSSR count). The van der Waals surface area contributed by atoms with E-state index in [4.69, 9.17) is 4.42 Å². The number of hydrogen-bond donors (Lipinski definition) is 2. The number of nitrogens with zero attached hydrogens (tertiary/aromatic N) is 3. The van der Waals surface area contributed by atoms with Gasteiger partial charge in [0.15, 0.2) is 0 Å². The Balaban J connectivity index is 1.78. The monoisotopic (exact) mass is 367 g/mol. The molecule has 9 nitrogen and oxygen atoms in total. The Morgan fingerprint density at radius 2 is 2.12 bits per heavy atom. The third kappa shape index (κ3) is 3.74. The van der Waals surface area contributed by atoms with Crippen LogP contribution in [0, 0.1) is 0 Å². The van der Waals surface area contributed by atoms with Gasteiger partial charge in [-0.05, 0) is 32.3 Å². The van der Waals surface area contributed by atoms with Crippen LogP contribution in [-0.4, -0.2) is 53.5 Å². The van der Waals surface area contributed by atoms with E-state index in [2.05, 4.69) is 19.9 Å². The molecule has 136 valence electrons. The van der Waals surface area contributed by atoms with Crippen molar-refractivity contribution < 1.29 is 17.6 Å². The third-order valence-electron chi connectivity index (χ3n) is 4.17. The molecule has 2 N–H and O–H groups in total. The number of aromatic amines is 1. The first-order valence-corrected chi connectivity index (χ1v) is 9.73. The highest BCUT2D eigenvalue weighted by Crippen LogP contribution is 2.22. The lowest BCUT2D eigenvalue weighted by molar-refractivity contribution is 0.0754. The smallest absolute Gasteiger partial charge is 0.311 e. The average molecular weight is 367 g/mol. The second-order valence-electron chi connectivity index (χ2n) is 6.09. The van der Waals surface area contributed by atoms with Gasteiger partial charge in [0.25, 0.3) is 5.89 Å². The minimum Gasteiger partial charge on any atom is -0.411 e. The molecule has 2 aromatic heterocycles. The zero-order valence-corrected chi connectivity index (χ0v) is 15.0. The highest BCUT2D eigenvalue weighted by Gasteiger charge is 2.26. The number of carbonyl (C=O) groups is 1. The molecule has 1 aliphatic heterocycles. The maximum absolute atomic E-state index is 12.3. The topological polar surface area (TPSA) is 121 Å². The standard InChI is InChI=1S/C15H21N5O4S/c1-3-10(2)19-25(22,23)11-8-12(16-9-11)13-17-18-14(24-13)15(21)20-6-4-5-7-20/h8-10,16,19H,3-7H2,1-2H3/t10-/m0/s1. The predicted molar refractivity (Wildman–Crippen MR) is 89.3 cm³/mol. The Labute approximate surface area is 145 Å². The molecule has 0 bridgehead atoms. The maximum atomic E-state index is 12.3. The number of likely N-dealkylation sites (tertiary alicyclic amines) is 1. The molecule has 0 radical (unpaired) electrons. The Kier molecular flexibility index (Phi) is 4.91. The molecule has 1 atom stereocenters. The molecule has 25 heavy (non-hydrogen) atoms. The number of rotatable bonds is 6. The van der Waals surface area contributed by atoms with Gasteiger partial charge in [-0.15, -0.1) is 10.2 Å². The van der Waals surface area contributed by atoms with Crippen molar-refractivity contribution in [1.82, 2.24) is 24.8 Å². The van der Waals surface area contributed by atoms with Crippen LogP contribution >= 0.6 is 0 Å².